The van der Waals surface area contributed by atoms with Gasteiger partial charge in [-0.3, -0.25) is 0 Å². The predicted molar refractivity (Wildman–Crippen MR) is 78.7 cm³/mol. The van der Waals surface area contributed by atoms with Crippen LogP contribution in [0.3, 0.4) is 0 Å². The second-order valence-electron chi connectivity index (χ2n) is 6.08. The van der Waals surface area contributed by atoms with Crippen molar-refractivity contribution in [1.82, 2.24) is 0 Å². The molecule has 0 N–H and O–H groups in total. The highest BCUT2D eigenvalue weighted by atomic mass is 16.9. The maximum Gasteiger partial charge on any atom is 0.515 e. The van der Waals surface area contributed by atoms with Crippen molar-refractivity contribution in [2.45, 2.75) is 23.4 Å². The molecule has 2 saturated heterocycles. The summed E-state index contributed by atoms with van der Waals surface area (Å²) >= 11 is 0. The maximum absolute atomic E-state index is 12.1. The van der Waals surface area contributed by atoms with Gasteiger partial charge in [0, 0.05) is 11.1 Å². The van der Waals surface area contributed by atoms with Gasteiger partial charge < -0.3 is 18.9 Å². The average molecular weight is 324 g/mol. The van der Waals surface area contributed by atoms with Crippen molar-refractivity contribution >= 4 is 12.3 Å². The fraction of sp³-hybridized carbons (Fsp3) is 0.222. The normalized spacial score (nSPS) is 31.7. The Morgan fingerprint density at radius 1 is 0.667 bits per heavy atom. The van der Waals surface area contributed by atoms with Gasteiger partial charge in [0.25, 0.3) is 5.60 Å². The van der Waals surface area contributed by atoms with Gasteiger partial charge in [0.15, 0.2) is 0 Å². The summed E-state index contributed by atoms with van der Waals surface area (Å²) in [5, 5.41) is 0. The summed E-state index contributed by atoms with van der Waals surface area (Å²) in [6, 6.07) is 18.4. The minimum absolute atomic E-state index is 0.177. The van der Waals surface area contributed by atoms with Crippen molar-refractivity contribution in [2.75, 3.05) is 0 Å². The molecule has 2 atom stereocenters. The molecule has 24 heavy (non-hydrogen) atoms. The lowest BCUT2D eigenvalue weighted by molar-refractivity contribution is -0.435. The van der Waals surface area contributed by atoms with Gasteiger partial charge in [0.2, 0.25) is 5.60 Å². The topological polar surface area (TPSA) is 71.1 Å². The number of rotatable bonds is 2. The third kappa shape index (κ3) is 1.29. The fourth-order valence-corrected chi connectivity index (χ4v) is 4.08. The zero-order valence-corrected chi connectivity index (χ0v) is 12.4. The van der Waals surface area contributed by atoms with Gasteiger partial charge in [-0.05, 0) is 0 Å². The first-order valence-electron chi connectivity index (χ1n) is 7.57. The largest absolute Gasteiger partial charge is 0.515 e. The van der Waals surface area contributed by atoms with Crippen LogP contribution >= 0.6 is 0 Å². The van der Waals surface area contributed by atoms with Gasteiger partial charge in [-0.25, -0.2) is 9.59 Å². The molecule has 6 heteroatoms. The summed E-state index contributed by atoms with van der Waals surface area (Å²) < 4.78 is 21.9. The molecule has 2 aromatic rings. The number of benzene rings is 2. The van der Waals surface area contributed by atoms with Crippen LogP contribution in [0, 0.1) is 0 Å². The highest BCUT2D eigenvalue weighted by Crippen LogP contribution is 2.72. The molecule has 2 aliphatic heterocycles. The second-order valence-corrected chi connectivity index (χ2v) is 6.08. The second kappa shape index (κ2) is 4.08. The first kappa shape index (κ1) is 13.4. The molecule has 0 radical (unpaired) electrons. The number of fused-ring (bicyclic) bond motifs is 2. The lowest BCUT2D eigenvalue weighted by Gasteiger charge is -2.63. The molecule has 3 fully saturated rings. The summed E-state index contributed by atoms with van der Waals surface area (Å²) in [6.45, 7) is 0. The summed E-state index contributed by atoms with van der Waals surface area (Å²) in [5.41, 5.74) is -1.06. The van der Waals surface area contributed by atoms with Crippen molar-refractivity contribution in [3.63, 3.8) is 0 Å². The lowest BCUT2D eigenvalue weighted by Crippen LogP contribution is -2.80. The van der Waals surface area contributed by atoms with Crippen LogP contribution < -0.4 is 0 Å². The SMILES string of the molecule is O=C1OC2(CC3(c4ccccc4)OC(=O)OC23c2ccccc2)O1. The Hall–Kier alpha value is -3.02. The molecule has 1 aliphatic carbocycles. The molecule has 0 aromatic heterocycles. The van der Waals surface area contributed by atoms with Gasteiger partial charge in [-0.1, -0.05) is 60.7 Å². The Balaban J connectivity index is 1.76. The maximum atomic E-state index is 12.1. The quantitative estimate of drug-likeness (QED) is 0.790. The monoisotopic (exact) mass is 324 g/mol. The number of ether oxygens (including phenoxy) is 4. The van der Waals surface area contributed by atoms with E-state index in [1.54, 1.807) is 12.1 Å². The first-order valence-corrected chi connectivity index (χ1v) is 7.57. The van der Waals surface area contributed by atoms with E-state index < -0.39 is 29.3 Å². The van der Waals surface area contributed by atoms with E-state index in [9.17, 15) is 9.59 Å². The van der Waals surface area contributed by atoms with Crippen molar-refractivity contribution in [1.29, 1.82) is 0 Å². The van der Waals surface area contributed by atoms with Crippen LogP contribution in [0.15, 0.2) is 60.7 Å². The lowest BCUT2D eigenvalue weighted by atomic mass is 9.54. The minimum atomic E-state index is -1.37. The molecule has 2 unspecified atom stereocenters. The van der Waals surface area contributed by atoms with E-state index in [4.69, 9.17) is 18.9 Å². The molecule has 3 aliphatic rings. The molecule has 2 aromatic carbocycles. The Bertz CT molecular complexity index is 840. The molecule has 0 amide bonds. The third-order valence-electron chi connectivity index (χ3n) is 5.00. The zero-order chi connectivity index (χ0) is 16.4. The van der Waals surface area contributed by atoms with Gasteiger partial charge >= 0.3 is 18.1 Å². The van der Waals surface area contributed by atoms with E-state index in [1.165, 1.54) is 0 Å². The van der Waals surface area contributed by atoms with E-state index in [2.05, 4.69) is 0 Å². The fourth-order valence-electron chi connectivity index (χ4n) is 4.08. The van der Waals surface area contributed by atoms with E-state index in [0.717, 1.165) is 5.56 Å². The highest BCUT2D eigenvalue weighted by molar-refractivity contribution is 5.74. The average Bonchev–Trinajstić information content (AvgIpc) is 2.83. The van der Waals surface area contributed by atoms with E-state index in [-0.39, 0.29) is 6.42 Å². The van der Waals surface area contributed by atoms with Crippen LogP contribution in [-0.4, -0.2) is 18.1 Å². The summed E-state index contributed by atoms with van der Waals surface area (Å²) in [4.78, 5) is 23.5. The zero-order valence-electron chi connectivity index (χ0n) is 12.4. The van der Waals surface area contributed by atoms with Crippen LogP contribution in [0.2, 0.25) is 0 Å². The number of carbonyl (C=O) groups excluding carboxylic acids is 2. The van der Waals surface area contributed by atoms with Crippen molar-refractivity contribution < 1.29 is 28.5 Å². The van der Waals surface area contributed by atoms with Crippen LogP contribution in [0.4, 0.5) is 9.59 Å². The third-order valence-corrected chi connectivity index (χ3v) is 5.00. The molecule has 120 valence electrons. The van der Waals surface area contributed by atoms with Crippen LogP contribution in [0.1, 0.15) is 17.5 Å². The smallest absolute Gasteiger partial charge is 0.417 e. The van der Waals surface area contributed by atoms with E-state index in [1.807, 2.05) is 48.5 Å². The Labute approximate surface area is 136 Å². The van der Waals surface area contributed by atoms with Gasteiger partial charge in [-0.15, -0.1) is 0 Å². The number of carbonyl (C=O) groups is 2. The summed E-state index contributed by atoms with van der Waals surface area (Å²) in [7, 11) is 0. The standard InChI is InChI=1S/C18H12O6/c19-14-21-16(12-7-3-1-4-8-12)11-17(22-15(20)23-17)18(16,24-14)13-9-5-2-6-10-13/h1-10H,11H2. The van der Waals surface area contributed by atoms with Crippen molar-refractivity contribution in [2.24, 2.45) is 0 Å². The van der Waals surface area contributed by atoms with Crippen LogP contribution in [0.5, 0.6) is 0 Å². The van der Waals surface area contributed by atoms with E-state index >= 15 is 0 Å². The minimum Gasteiger partial charge on any atom is -0.417 e. The molecular formula is C18H12O6. The van der Waals surface area contributed by atoms with Crippen molar-refractivity contribution in [3.05, 3.63) is 71.8 Å². The first-order chi connectivity index (χ1) is 11.6. The highest BCUT2D eigenvalue weighted by Gasteiger charge is 2.91. The van der Waals surface area contributed by atoms with Crippen LogP contribution in [0.25, 0.3) is 0 Å². The Morgan fingerprint density at radius 3 is 1.79 bits per heavy atom. The van der Waals surface area contributed by atoms with Gasteiger partial charge in [0.1, 0.15) is 0 Å². The van der Waals surface area contributed by atoms with Gasteiger partial charge in [-0.2, -0.15) is 0 Å². The number of hydrogen-bond acceptors (Lipinski definition) is 6. The molecular weight excluding hydrogens is 312 g/mol. The molecule has 5 rings (SSSR count). The molecule has 2 heterocycles. The summed E-state index contributed by atoms with van der Waals surface area (Å²) in [6.07, 6.45) is -1.42. The number of hydrogen-bond donors (Lipinski definition) is 0. The van der Waals surface area contributed by atoms with E-state index in [0.29, 0.717) is 5.56 Å². The molecule has 1 saturated carbocycles. The van der Waals surface area contributed by atoms with Crippen LogP contribution in [-0.2, 0) is 30.1 Å². The predicted octanol–water partition coefficient (Wildman–Crippen LogP) is 3.21. The Kier molecular flexibility index (Phi) is 2.28. The molecule has 0 bridgehead atoms. The molecule has 1 spiro atoms. The summed E-state index contributed by atoms with van der Waals surface area (Å²) in [5.74, 6) is -1.35. The van der Waals surface area contributed by atoms with Crippen molar-refractivity contribution in [3.8, 4) is 0 Å². The van der Waals surface area contributed by atoms with Gasteiger partial charge in [0.05, 0.1) is 6.42 Å². The Morgan fingerprint density at radius 2 is 1.21 bits per heavy atom. The molecule has 6 nitrogen and oxygen atoms in total.